The van der Waals surface area contributed by atoms with Gasteiger partial charge in [-0.1, -0.05) is 30.3 Å². The number of benzene rings is 2. The van der Waals surface area contributed by atoms with Crippen LogP contribution in [0, 0.1) is 0 Å². The van der Waals surface area contributed by atoms with Gasteiger partial charge in [0.1, 0.15) is 5.75 Å². The highest BCUT2D eigenvalue weighted by atomic mass is 32.1. The van der Waals surface area contributed by atoms with Gasteiger partial charge in [0.25, 0.3) is 0 Å². The zero-order valence-corrected chi connectivity index (χ0v) is 15.1. The number of fused-ring (bicyclic) bond motifs is 1. The Morgan fingerprint density at radius 2 is 1.92 bits per heavy atom. The second-order valence-electron chi connectivity index (χ2n) is 5.84. The van der Waals surface area contributed by atoms with Gasteiger partial charge in [0.2, 0.25) is 5.91 Å². The Balaban J connectivity index is 1.39. The summed E-state index contributed by atoms with van der Waals surface area (Å²) in [6.45, 7) is 0.625. The van der Waals surface area contributed by atoms with Crippen molar-refractivity contribution in [2.75, 3.05) is 13.7 Å². The summed E-state index contributed by atoms with van der Waals surface area (Å²) in [5.41, 5.74) is 2.16. The number of amides is 1. The fraction of sp³-hybridized carbons (Fsp3) is 0.300. The van der Waals surface area contributed by atoms with Gasteiger partial charge in [-0.2, -0.15) is 0 Å². The number of aromatic nitrogens is 1. The fourth-order valence-electron chi connectivity index (χ4n) is 2.76. The van der Waals surface area contributed by atoms with Crippen molar-refractivity contribution in [3.63, 3.8) is 0 Å². The number of carbonyl (C=O) groups excluding carboxylic acids is 1. The molecule has 1 N–H and O–H groups in total. The molecule has 25 heavy (non-hydrogen) atoms. The van der Waals surface area contributed by atoms with Crippen molar-refractivity contribution >= 4 is 27.5 Å². The van der Waals surface area contributed by atoms with Gasteiger partial charge in [-0.25, -0.2) is 4.98 Å². The maximum absolute atomic E-state index is 12.0. The van der Waals surface area contributed by atoms with Crippen LogP contribution in [0.4, 0.5) is 0 Å². The number of nitrogens with zero attached hydrogens (tertiary/aromatic N) is 1. The zero-order valence-electron chi connectivity index (χ0n) is 14.3. The van der Waals surface area contributed by atoms with Gasteiger partial charge in [0.05, 0.1) is 22.3 Å². The number of hydrogen-bond donors (Lipinski definition) is 1. The van der Waals surface area contributed by atoms with Crippen molar-refractivity contribution in [2.24, 2.45) is 0 Å². The highest BCUT2D eigenvalue weighted by Crippen LogP contribution is 2.22. The van der Waals surface area contributed by atoms with Crippen LogP contribution in [0.2, 0.25) is 0 Å². The van der Waals surface area contributed by atoms with Crippen molar-refractivity contribution in [2.45, 2.75) is 25.7 Å². The molecule has 0 fully saturated rings. The summed E-state index contributed by atoms with van der Waals surface area (Å²) < 4.78 is 6.53. The number of nitrogens with one attached hydrogen (secondary N) is 1. The van der Waals surface area contributed by atoms with Gasteiger partial charge in [-0.3, -0.25) is 4.79 Å². The van der Waals surface area contributed by atoms with E-state index >= 15 is 0 Å². The summed E-state index contributed by atoms with van der Waals surface area (Å²) in [7, 11) is 1.67. The van der Waals surface area contributed by atoms with E-state index in [-0.39, 0.29) is 5.91 Å². The molecule has 0 bridgehead atoms. The highest BCUT2D eigenvalue weighted by Gasteiger charge is 2.06. The quantitative estimate of drug-likeness (QED) is 0.665. The van der Waals surface area contributed by atoms with Gasteiger partial charge < -0.3 is 10.1 Å². The van der Waals surface area contributed by atoms with Crippen molar-refractivity contribution in [1.29, 1.82) is 0 Å². The van der Waals surface area contributed by atoms with Gasteiger partial charge in [-0.05, 0) is 43.0 Å². The van der Waals surface area contributed by atoms with E-state index < -0.39 is 0 Å². The second-order valence-corrected chi connectivity index (χ2v) is 6.96. The Labute approximate surface area is 151 Å². The molecule has 0 unspecified atom stereocenters. The molecule has 0 saturated carbocycles. The number of para-hydroxylation sites is 2. The summed E-state index contributed by atoms with van der Waals surface area (Å²) in [5.74, 6) is 0.962. The topological polar surface area (TPSA) is 51.2 Å². The van der Waals surface area contributed by atoms with Crippen LogP contribution in [0.25, 0.3) is 10.2 Å². The first-order valence-electron chi connectivity index (χ1n) is 8.49. The first-order valence-corrected chi connectivity index (χ1v) is 9.31. The average Bonchev–Trinajstić information content (AvgIpc) is 3.05. The zero-order chi connectivity index (χ0) is 17.5. The molecule has 5 heteroatoms. The monoisotopic (exact) mass is 354 g/mol. The third-order valence-electron chi connectivity index (χ3n) is 4.04. The largest absolute Gasteiger partial charge is 0.496 e. The van der Waals surface area contributed by atoms with Crippen LogP contribution in [0.5, 0.6) is 5.75 Å². The molecule has 0 spiro atoms. The van der Waals surface area contributed by atoms with Gasteiger partial charge in [0, 0.05) is 13.0 Å². The lowest BCUT2D eigenvalue weighted by atomic mass is 10.1. The Morgan fingerprint density at radius 3 is 2.76 bits per heavy atom. The van der Waals surface area contributed by atoms with E-state index in [4.69, 9.17) is 4.74 Å². The second kappa shape index (κ2) is 8.62. The molecule has 130 valence electrons. The molecule has 1 aromatic heterocycles. The van der Waals surface area contributed by atoms with Gasteiger partial charge in [-0.15, -0.1) is 11.3 Å². The first-order chi connectivity index (χ1) is 12.3. The van der Waals surface area contributed by atoms with Crippen LogP contribution in [-0.4, -0.2) is 24.5 Å². The average molecular weight is 354 g/mol. The predicted octanol–water partition coefficient (Wildman–Crippen LogP) is 3.99. The lowest BCUT2D eigenvalue weighted by Gasteiger charge is -2.09. The Morgan fingerprint density at radius 1 is 1.12 bits per heavy atom. The number of aryl methyl sites for hydroxylation is 1. The molecule has 3 aromatic rings. The molecular weight excluding hydrogens is 332 g/mol. The van der Waals surface area contributed by atoms with Crippen molar-refractivity contribution in [3.05, 3.63) is 59.1 Å². The summed E-state index contributed by atoms with van der Waals surface area (Å²) in [6, 6.07) is 16.0. The molecule has 4 nitrogen and oxygen atoms in total. The molecular formula is C20H22N2O2S. The lowest BCUT2D eigenvalue weighted by Crippen LogP contribution is -2.25. The molecule has 1 heterocycles. The van der Waals surface area contributed by atoms with E-state index in [2.05, 4.69) is 16.4 Å². The highest BCUT2D eigenvalue weighted by molar-refractivity contribution is 7.18. The Hall–Kier alpha value is -2.40. The van der Waals surface area contributed by atoms with Crippen LogP contribution < -0.4 is 10.1 Å². The maximum atomic E-state index is 12.0. The van der Waals surface area contributed by atoms with Crippen LogP contribution >= 0.6 is 11.3 Å². The summed E-state index contributed by atoms with van der Waals surface area (Å²) in [5, 5.41) is 4.08. The van der Waals surface area contributed by atoms with Crippen molar-refractivity contribution in [3.8, 4) is 5.75 Å². The van der Waals surface area contributed by atoms with Crippen molar-refractivity contribution < 1.29 is 9.53 Å². The van der Waals surface area contributed by atoms with Crippen LogP contribution in [0.15, 0.2) is 48.5 Å². The van der Waals surface area contributed by atoms with Crippen LogP contribution in [0.1, 0.15) is 23.4 Å². The molecule has 1 amide bonds. The van der Waals surface area contributed by atoms with E-state index in [0.717, 1.165) is 41.1 Å². The Kier molecular flexibility index (Phi) is 6.01. The normalized spacial score (nSPS) is 10.8. The molecule has 0 aliphatic carbocycles. The van der Waals surface area contributed by atoms with Crippen LogP contribution in [-0.2, 0) is 17.6 Å². The fourth-order valence-corrected chi connectivity index (χ4v) is 3.77. The lowest BCUT2D eigenvalue weighted by molar-refractivity contribution is -0.121. The molecule has 0 aliphatic rings. The molecule has 3 rings (SSSR count). The number of carbonyl (C=O) groups is 1. The van der Waals surface area contributed by atoms with E-state index in [1.165, 1.54) is 4.70 Å². The predicted molar refractivity (Wildman–Crippen MR) is 102 cm³/mol. The van der Waals surface area contributed by atoms with Crippen molar-refractivity contribution in [1.82, 2.24) is 10.3 Å². The standard InChI is InChI=1S/C20H22N2O2S/c1-24-17-9-4-2-7-15(17)13-14-21-19(23)11-6-12-20-22-16-8-3-5-10-18(16)25-20/h2-5,7-10H,6,11-14H2,1H3,(H,21,23). The smallest absolute Gasteiger partial charge is 0.220 e. The minimum Gasteiger partial charge on any atom is -0.496 e. The summed E-state index contributed by atoms with van der Waals surface area (Å²) >= 11 is 1.71. The minimum absolute atomic E-state index is 0.0935. The van der Waals surface area contributed by atoms with E-state index in [1.54, 1.807) is 18.4 Å². The van der Waals surface area contributed by atoms with E-state index in [0.29, 0.717) is 13.0 Å². The molecule has 0 radical (unpaired) electrons. The number of rotatable bonds is 8. The maximum Gasteiger partial charge on any atom is 0.220 e. The number of hydrogen-bond acceptors (Lipinski definition) is 4. The van der Waals surface area contributed by atoms with Crippen LogP contribution in [0.3, 0.4) is 0 Å². The number of thiazole rings is 1. The summed E-state index contributed by atoms with van der Waals surface area (Å²) in [6.07, 6.45) is 2.97. The van der Waals surface area contributed by atoms with E-state index in [9.17, 15) is 4.79 Å². The third kappa shape index (κ3) is 4.79. The molecule has 0 saturated heterocycles. The van der Waals surface area contributed by atoms with Gasteiger partial charge in [0.15, 0.2) is 0 Å². The van der Waals surface area contributed by atoms with E-state index in [1.807, 2.05) is 42.5 Å². The first kappa shape index (κ1) is 17.4. The third-order valence-corrected chi connectivity index (χ3v) is 5.14. The number of methoxy groups -OCH3 is 1. The molecule has 0 atom stereocenters. The molecule has 2 aromatic carbocycles. The minimum atomic E-state index is 0.0935. The Bertz CT molecular complexity index is 811. The summed E-state index contributed by atoms with van der Waals surface area (Å²) in [4.78, 5) is 16.6. The number of ether oxygens (including phenoxy) is 1. The SMILES string of the molecule is COc1ccccc1CCNC(=O)CCCc1nc2ccccc2s1. The molecule has 0 aliphatic heterocycles. The van der Waals surface area contributed by atoms with Gasteiger partial charge >= 0.3 is 0 Å².